The molecule has 0 N–H and O–H groups in total. The molecule has 0 saturated heterocycles. The van der Waals surface area contributed by atoms with Crippen molar-refractivity contribution in [1.82, 2.24) is 0 Å². The van der Waals surface area contributed by atoms with Gasteiger partial charge in [-0.05, 0) is 103 Å². The van der Waals surface area contributed by atoms with Crippen LogP contribution in [-0.2, 0) is 28.6 Å². The second-order valence-corrected chi connectivity index (χ2v) is 19.2. The molecule has 6 heteroatoms. The lowest BCUT2D eigenvalue weighted by Gasteiger charge is -2.18. The summed E-state index contributed by atoms with van der Waals surface area (Å²) >= 11 is 0. The Bertz CT molecular complexity index is 1330. The maximum atomic E-state index is 12.9. The van der Waals surface area contributed by atoms with Crippen molar-refractivity contribution in [2.45, 2.75) is 284 Å². The Balaban J connectivity index is 4.43. The number of unbranched alkanes of at least 4 members (excludes halogenated alkanes) is 29. The lowest BCUT2D eigenvalue weighted by molar-refractivity contribution is -0.167. The van der Waals surface area contributed by atoms with Gasteiger partial charge in [0.2, 0.25) is 0 Å². The first-order valence-corrected chi connectivity index (χ1v) is 29.1. The predicted molar refractivity (Wildman–Crippen MR) is 297 cm³/mol. The van der Waals surface area contributed by atoms with Crippen LogP contribution in [0.5, 0.6) is 0 Å². The Hall–Kier alpha value is -3.41. The highest BCUT2D eigenvalue weighted by molar-refractivity contribution is 5.71. The molecule has 1 atom stereocenters. The molecule has 6 nitrogen and oxygen atoms in total. The van der Waals surface area contributed by atoms with Gasteiger partial charge in [-0.15, -0.1) is 0 Å². The van der Waals surface area contributed by atoms with Crippen molar-refractivity contribution in [3.05, 3.63) is 85.1 Å². The standard InChI is InChI=1S/C63H108O6/c1-4-7-10-13-16-19-22-25-28-31-32-33-36-38-41-44-47-50-53-56-62(65)68-59-60(69-63(66)57-54-51-48-45-42-39-35-30-27-24-21-18-15-12-9-6-3)58-67-61(64)55-52-49-46-43-40-37-34-29-26-23-20-17-14-11-8-5-2/h9,12,16,18-19,21-22,25,27,29-30,34,37,40,60H,4-8,10-11,13-15,17,20,23-24,26,28,31-33,35-36,38-39,41-59H2,1-3H3/b12-9-,19-16-,21-18-,25-22-,30-27-,34-29-,40-37-. The smallest absolute Gasteiger partial charge is 0.306 e. The first-order valence-electron chi connectivity index (χ1n) is 29.1. The van der Waals surface area contributed by atoms with Crippen LogP contribution in [0.3, 0.4) is 0 Å². The van der Waals surface area contributed by atoms with E-state index in [2.05, 4.69) is 106 Å². The van der Waals surface area contributed by atoms with Crippen molar-refractivity contribution in [1.29, 1.82) is 0 Å². The van der Waals surface area contributed by atoms with Gasteiger partial charge in [-0.1, -0.05) is 241 Å². The van der Waals surface area contributed by atoms with Gasteiger partial charge in [0.1, 0.15) is 13.2 Å². The predicted octanol–water partition coefficient (Wildman–Crippen LogP) is 19.5. The third-order valence-electron chi connectivity index (χ3n) is 12.4. The zero-order chi connectivity index (χ0) is 50.0. The van der Waals surface area contributed by atoms with Crippen molar-refractivity contribution < 1.29 is 28.6 Å². The summed E-state index contributed by atoms with van der Waals surface area (Å²) < 4.78 is 16.8. The fourth-order valence-corrected chi connectivity index (χ4v) is 8.03. The summed E-state index contributed by atoms with van der Waals surface area (Å²) in [6.07, 6.45) is 74.3. The average Bonchev–Trinajstić information content (AvgIpc) is 3.35. The fraction of sp³-hybridized carbons (Fsp3) is 0.730. The number of hydrogen-bond acceptors (Lipinski definition) is 6. The molecule has 0 amide bonds. The maximum Gasteiger partial charge on any atom is 0.306 e. The highest BCUT2D eigenvalue weighted by atomic mass is 16.6. The fourth-order valence-electron chi connectivity index (χ4n) is 8.03. The first-order chi connectivity index (χ1) is 34.0. The number of ether oxygens (including phenoxy) is 3. The zero-order valence-corrected chi connectivity index (χ0v) is 45.3. The Morgan fingerprint density at radius 2 is 0.609 bits per heavy atom. The second-order valence-electron chi connectivity index (χ2n) is 19.2. The van der Waals surface area contributed by atoms with Gasteiger partial charge in [-0.3, -0.25) is 14.4 Å². The number of carbonyl (C=O) groups excluding carboxylic acids is 3. The van der Waals surface area contributed by atoms with E-state index in [9.17, 15) is 14.4 Å². The van der Waals surface area contributed by atoms with Gasteiger partial charge in [0.25, 0.3) is 0 Å². The monoisotopic (exact) mass is 961 g/mol. The molecular weight excluding hydrogens is 853 g/mol. The molecule has 0 saturated carbocycles. The zero-order valence-electron chi connectivity index (χ0n) is 45.3. The molecule has 0 fully saturated rings. The molecule has 0 aromatic rings. The Morgan fingerprint density at radius 3 is 1.01 bits per heavy atom. The van der Waals surface area contributed by atoms with Crippen LogP contribution in [0.25, 0.3) is 0 Å². The summed E-state index contributed by atoms with van der Waals surface area (Å²) in [5, 5.41) is 0. The minimum absolute atomic E-state index is 0.0921. The lowest BCUT2D eigenvalue weighted by Crippen LogP contribution is -2.30. The molecule has 0 aromatic heterocycles. The van der Waals surface area contributed by atoms with E-state index in [1.807, 2.05) is 0 Å². The number of rotatable bonds is 52. The van der Waals surface area contributed by atoms with Gasteiger partial charge in [0.05, 0.1) is 0 Å². The van der Waals surface area contributed by atoms with E-state index in [-0.39, 0.29) is 31.1 Å². The van der Waals surface area contributed by atoms with E-state index in [0.717, 1.165) is 103 Å². The summed E-state index contributed by atoms with van der Waals surface area (Å²) in [7, 11) is 0. The van der Waals surface area contributed by atoms with Crippen molar-refractivity contribution in [2.75, 3.05) is 13.2 Å². The molecule has 0 aliphatic rings. The van der Waals surface area contributed by atoms with E-state index >= 15 is 0 Å². The molecule has 0 heterocycles. The Morgan fingerprint density at radius 1 is 0.319 bits per heavy atom. The van der Waals surface area contributed by atoms with Gasteiger partial charge >= 0.3 is 17.9 Å². The van der Waals surface area contributed by atoms with Gasteiger partial charge in [0.15, 0.2) is 6.10 Å². The van der Waals surface area contributed by atoms with Gasteiger partial charge < -0.3 is 14.2 Å². The van der Waals surface area contributed by atoms with Gasteiger partial charge in [-0.25, -0.2) is 0 Å². The minimum atomic E-state index is -0.797. The van der Waals surface area contributed by atoms with Crippen LogP contribution in [0.15, 0.2) is 85.1 Å². The minimum Gasteiger partial charge on any atom is -0.462 e. The van der Waals surface area contributed by atoms with Crippen LogP contribution >= 0.6 is 0 Å². The lowest BCUT2D eigenvalue weighted by atomic mass is 10.1. The Kier molecular flexibility index (Phi) is 54.3. The molecular formula is C63H108O6. The first kappa shape index (κ1) is 65.6. The van der Waals surface area contributed by atoms with Crippen LogP contribution in [0.4, 0.5) is 0 Å². The molecule has 0 rings (SSSR count). The van der Waals surface area contributed by atoms with E-state index in [0.29, 0.717) is 19.3 Å². The SMILES string of the molecule is CC/C=C\C/C=C\C/C=C\CCCCCCCCC(=O)OC(COC(=O)CCCCC/C=C\C=C/CCCCCCCCC)COC(=O)CCCCCCCCCCCC/C=C\C=C/CCCCC. The van der Waals surface area contributed by atoms with Crippen LogP contribution in [-0.4, -0.2) is 37.2 Å². The molecule has 0 spiro atoms. The topological polar surface area (TPSA) is 78.9 Å². The van der Waals surface area contributed by atoms with Crippen molar-refractivity contribution >= 4 is 17.9 Å². The summed E-state index contributed by atoms with van der Waals surface area (Å²) in [5.74, 6) is -0.930. The molecule has 0 aromatic carbocycles. The van der Waals surface area contributed by atoms with Crippen LogP contribution in [0.1, 0.15) is 278 Å². The third-order valence-corrected chi connectivity index (χ3v) is 12.4. The molecule has 0 bridgehead atoms. The van der Waals surface area contributed by atoms with Crippen LogP contribution in [0.2, 0.25) is 0 Å². The Labute approximate surface area is 426 Å². The molecule has 0 radical (unpaired) electrons. The highest BCUT2D eigenvalue weighted by Gasteiger charge is 2.19. The van der Waals surface area contributed by atoms with Crippen molar-refractivity contribution in [3.63, 3.8) is 0 Å². The van der Waals surface area contributed by atoms with Crippen LogP contribution < -0.4 is 0 Å². The van der Waals surface area contributed by atoms with E-state index < -0.39 is 6.10 Å². The van der Waals surface area contributed by atoms with Crippen molar-refractivity contribution in [2.24, 2.45) is 0 Å². The summed E-state index contributed by atoms with van der Waals surface area (Å²) in [5.41, 5.74) is 0. The molecule has 1 unspecified atom stereocenters. The number of carbonyl (C=O) groups is 3. The summed E-state index contributed by atoms with van der Waals surface area (Å²) in [6.45, 7) is 6.47. The summed E-state index contributed by atoms with van der Waals surface area (Å²) in [6, 6.07) is 0. The molecule has 0 aliphatic heterocycles. The molecule has 0 aliphatic carbocycles. The van der Waals surface area contributed by atoms with Crippen LogP contribution in [0, 0.1) is 0 Å². The van der Waals surface area contributed by atoms with Crippen molar-refractivity contribution in [3.8, 4) is 0 Å². The maximum absolute atomic E-state index is 12.9. The molecule has 69 heavy (non-hydrogen) atoms. The van der Waals surface area contributed by atoms with E-state index in [1.165, 1.54) is 135 Å². The number of allylic oxidation sites excluding steroid dienone is 14. The highest BCUT2D eigenvalue weighted by Crippen LogP contribution is 2.15. The van der Waals surface area contributed by atoms with E-state index in [1.54, 1.807) is 0 Å². The van der Waals surface area contributed by atoms with Gasteiger partial charge in [0, 0.05) is 19.3 Å². The quantitative estimate of drug-likeness (QED) is 0.0199. The average molecular weight is 962 g/mol. The summed E-state index contributed by atoms with van der Waals surface area (Å²) in [4.78, 5) is 38.2. The largest absolute Gasteiger partial charge is 0.462 e. The normalized spacial score (nSPS) is 12.7. The molecule has 396 valence electrons. The second kappa shape index (κ2) is 57.2. The third kappa shape index (κ3) is 55.4. The number of hydrogen-bond donors (Lipinski definition) is 0. The number of esters is 3. The van der Waals surface area contributed by atoms with Gasteiger partial charge in [-0.2, -0.15) is 0 Å². The van der Waals surface area contributed by atoms with E-state index in [4.69, 9.17) is 14.2 Å².